The van der Waals surface area contributed by atoms with Gasteiger partial charge in [0.1, 0.15) is 0 Å². The Morgan fingerprint density at radius 2 is 0.482 bits per heavy atom. The van der Waals surface area contributed by atoms with Crippen LogP contribution in [0, 0.1) is 34.0 Å². The third kappa shape index (κ3) is 12.5. The molecule has 654 valence electrons. The van der Waals surface area contributed by atoms with E-state index in [4.69, 9.17) is 0 Å². The molecule has 0 saturated heterocycles. The highest BCUT2D eigenvalue weighted by atomic mass is 32.1. The van der Waals surface area contributed by atoms with Crippen molar-refractivity contribution in [1.29, 1.82) is 15.8 Å². The van der Waals surface area contributed by atoms with Crippen molar-refractivity contribution in [2.75, 3.05) is 0 Å². The first-order chi connectivity index (χ1) is 69.9. The zero-order valence-corrected chi connectivity index (χ0v) is 78.0. The van der Waals surface area contributed by atoms with Crippen molar-refractivity contribution in [3.63, 3.8) is 0 Å². The molecule has 9 nitrogen and oxygen atoms in total. The number of nitrogens with zero attached hydrogens (tertiary/aromatic N) is 9. The van der Waals surface area contributed by atoms with Crippen LogP contribution in [0.15, 0.2) is 455 Å². The summed E-state index contributed by atoms with van der Waals surface area (Å²) >= 11 is 5.60. The number of benzene rings is 21. The highest BCUT2D eigenvalue weighted by Gasteiger charge is 2.28. The fourth-order valence-electron chi connectivity index (χ4n) is 22.6. The Kier molecular flexibility index (Phi) is 18.6. The molecular formula is C129H75N9S3. The Morgan fingerprint density at radius 1 is 0.177 bits per heavy atom. The average molecular weight is 1850 g/mol. The quantitative estimate of drug-likeness (QED) is 0.144. The molecule has 0 aliphatic carbocycles. The van der Waals surface area contributed by atoms with Gasteiger partial charge in [-0.15, -0.1) is 34.0 Å². The molecule has 0 amide bonds. The van der Waals surface area contributed by atoms with Crippen LogP contribution in [0.1, 0.15) is 16.7 Å². The van der Waals surface area contributed by atoms with Gasteiger partial charge >= 0.3 is 0 Å². The van der Waals surface area contributed by atoms with Crippen LogP contribution in [0.2, 0.25) is 0 Å². The van der Waals surface area contributed by atoms with E-state index in [0.29, 0.717) is 16.7 Å². The molecule has 0 atom stereocenters. The summed E-state index contributed by atoms with van der Waals surface area (Å²) in [5.74, 6) is 0. The van der Waals surface area contributed by atoms with E-state index in [1.165, 1.54) is 147 Å². The Morgan fingerprint density at radius 3 is 0.865 bits per heavy atom. The molecule has 0 radical (unpaired) electrons. The van der Waals surface area contributed by atoms with Crippen LogP contribution in [-0.4, -0.2) is 27.4 Å². The van der Waals surface area contributed by atoms with Crippen molar-refractivity contribution in [3.05, 3.63) is 472 Å². The minimum Gasteiger partial charge on any atom is -0.309 e. The number of nitriles is 3. The van der Waals surface area contributed by atoms with Crippen LogP contribution < -0.4 is 0 Å². The lowest BCUT2D eigenvalue weighted by Gasteiger charge is -2.16. The van der Waals surface area contributed by atoms with Gasteiger partial charge in [-0.3, -0.25) is 0 Å². The molecule has 0 spiro atoms. The largest absolute Gasteiger partial charge is 0.309 e. The van der Waals surface area contributed by atoms with Gasteiger partial charge in [0.2, 0.25) is 0 Å². The smallest absolute Gasteiger partial charge is 0.0998 e. The molecule has 12 heteroatoms. The first-order valence-corrected chi connectivity index (χ1v) is 49.7. The minimum absolute atomic E-state index is 0.638. The number of aromatic nitrogens is 6. The van der Waals surface area contributed by atoms with E-state index < -0.39 is 0 Å². The summed E-state index contributed by atoms with van der Waals surface area (Å²) in [5, 5.41) is 52.9. The van der Waals surface area contributed by atoms with E-state index in [-0.39, 0.29) is 0 Å². The van der Waals surface area contributed by atoms with Gasteiger partial charge < -0.3 is 27.4 Å². The van der Waals surface area contributed by atoms with Crippen molar-refractivity contribution in [3.8, 4) is 85.7 Å². The zero-order valence-electron chi connectivity index (χ0n) is 75.6. The summed E-state index contributed by atoms with van der Waals surface area (Å²) in [6.45, 7) is 0. The van der Waals surface area contributed by atoms with Gasteiger partial charge in [0, 0.05) is 159 Å². The zero-order chi connectivity index (χ0) is 93.2. The number of para-hydroxylation sites is 9. The number of rotatable bonds is 9. The van der Waals surface area contributed by atoms with Gasteiger partial charge in [-0.25, -0.2) is 0 Å². The molecule has 0 aliphatic heterocycles. The van der Waals surface area contributed by atoms with Crippen LogP contribution in [0.5, 0.6) is 0 Å². The SMILES string of the molecule is N#Cc1ccc(-c2ccc3c(c2)c2c4sc5ccccc5c4ccc2n3-c2ccccc2)c(-n2c3ccccc3c3ccccc32)c1.N#Cc1ccc(-n2c3ccccc3c3ccccc32)c(-c2ccc3c(c2)c2c4sc5ccccc5c4ccc2n3-c2ccccc2)c1.N#Cc1cccc(-n2c3ccccc3c3ccccc32)c1-c1ccc2c(c1)c1c3sc4ccccc4c3ccc1n2-c1ccccc1. The molecular weight excluding hydrogens is 1770 g/mol. The van der Waals surface area contributed by atoms with Crippen molar-refractivity contribution < 1.29 is 0 Å². The number of hydrogen-bond acceptors (Lipinski definition) is 6. The van der Waals surface area contributed by atoms with Gasteiger partial charge in [0.15, 0.2) is 0 Å². The first kappa shape index (κ1) is 81.0. The van der Waals surface area contributed by atoms with E-state index in [1.807, 2.05) is 70.4 Å². The van der Waals surface area contributed by atoms with Gasteiger partial charge in [0.25, 0.3) is 0 Å². The number of thiophene rings is 3. The molecule has 0 bridgehead atoms. The molecule has 9 heterocycles. The van der Waals surface area contributed by atoms with Crippen molar-refractivity contribution in [1.82, 2.24) is 27.4 Å². The van der Waals surface area contributed by atoms with Gasteiger partial charge in [-0.2, -0.15) is 15.8 Å². The molecule has 30 aromatic rings. The summed E-state index contributed by atoms with van der Waals surface area (Å²) in [6.07, 6.45) is 0. The van der Waals surface area contributed by atoms with E-state index in [1.54, 1.807) is 0 Å². The van der Waals surface area contributed by atoms with Crippen molar-refractivity contribution >= 4 is 225 Å². The Balaban J connectivity index is 0.000000104. The standard InChI is InChI=1S/3C43H25N3S/c44-26-28-11-10-19-38(46-35-17-7-4-14-30(35)31-15-5-8-18-36(31)46)41(28)27-21-23-37-34(25-27)42-39(45(37)29-12-2-1-3-13-29)24-22-33-32-16-6-9-20-40(32)47-43(33)42;44-26-27-18-21-38(46-36-15-7-4-12-30(36)31-13-5-8-16-37(31)46)34(24-27)28-19-22-39-35(25-28)42-40(45(39)29-10-2-1-3-11-29)23-20-33-32-14-6-9-17-41(32)47-43(33)42;44-26-27-18-20-30(40(24-27)46-36-15-7-4-12-31(36)32-13-5-8-16-37(32)46)28-19-22-38-35(25-28)42-39(45(38)29-10-2-1-3-11-29)23-21-34-33-14-6-9-17-41(33)47-43(34)42/h3*1-25H. The molecule has 0 N–H and O–H groups in total. The van der Waals surface area contributed by atoms with Crippen molar-refractivity contribution in [2.45, 2.75) is 0 Å². The molecule has 0 aliphatic rings. The molecule has 30 rings (SSSR count). The summed E-state index contributed by atoms with van der Waals surface area (Å²) in [6, 6.07) is 169. The maximum absolute atomic E-state index is 10.5. The molecule has 9 aromatic heterocycles. The maximum atomic E-state index is 10.5. The van der Waals surface area contributed by atoms with Gasteiger partial charge in [-0.05, 0) is 205 Å². The van der Waals surface area contributed by atoms with Gasteiger partial charge in [0.05, 0.1) is 118 Å². The Bertz CT molecular complexity index is 10400. The van der Waals surface area contributed by atoms with Crippen molar-refractivity contribution in [2.24, 2.45) is 0 Å². The Labute approximate surface area is 819 Å². The summed E-state index contributed by atoms with van der Waals surface area (Å²) in [7, 11) is 0. The highest BCUT2D eigenvalue weighted by molar-refractivity contribution is 7.27. The van der Waals surface area contributed by atoms with Gasteiger partial charge in [-0.1, -0.05) is 267 Å². The molecule has 141 heavy (non-hydrogen) atoms. The fraction of sp³-hybridized carbons (Fsp3) is 0. The molecule has 0 fully saturated rings. The Hall–Kier alpha value is -18.5. The fourth-order valence-corrected chi connectivity index (χ4v) is 26.4. The van der Waals surface area contributed by atoms with E-state index in [2.05, 4.69) is 464 Å². The second-order valence-electron chi connectivity index (χ2n) is 36.1. The summed E-state index contributed by atoms with van der Waals surface area (Å²) < 4.78 is 21.9. The normalized spacial score (nSPS) is 11.8. The minimum atomic E-state index is 0.638. The van der Waals surface area contributed by atoms with E-state index in [0.717, 1.165) is 112 Å². The van der Waals surface area contributed by atoms with Crippen LogP contribution in [0.3, 0.4) is 0 Å². The lowest BCUT2D eigenvalue weighted by molar-refractivity contribution is 1.18. The summed E-state index contributed by atoms with van der Waals surface area (Å²) in [5.41, 5.74) is 28.5. The topological polar surface area (TPSA) is 101 Å². The lowest BCUT2D eigenvalue weighted by atomic mass is 9.96. The molecule has 0 saturated carbocycles. The average Bonchev–Trinajstić information content (AvgIpc) is 1.56. The highest BCUT2D eigenvalue weighted by Crippen LogP contribution is 2.52. The van der Waals surface area contributed by atoms with Crippen LogP contribution in [0.25, 0.3) is 259 Å². The molecule has 0 unspecified atom stereocenters. The lowest BCUT2D eigenvalue weighted by Crippen LogP contribution is -1.99. The van der Waals surface area contributed by atoms with Crippen LogP contribution in [-0.2, 0) is 0 Å². The predicted octanol–water partition coefficient (Wildman–Crippen LogP) is 35.4. The second kappa shape index (κ2) is 32.4. The molecule has 21 aromatic carbocycles. The first-order valence-electron chi connectivity index (χ1n) is 47.3. The van der Waals surface area contributed by atoms with E-state index in [9.17, 15) is 15.8 Å². The van der Waals surface area contributed by atoms with E-state index >= 15 is 0 Å². The van der Waals surface area contributed by atoms with Crippen LogP contribution >= 0.6 is 34.0 Å². The summed E-state index contributed by atoms with van der Waals surface area (Å²) in [4.78, 5) is 0. The number of hydrogen-bond donors (Lipinski definition) is 0. The monoisotopic (exact) mass is 1850 g/mol. The predicted molar refractivity (Wildman–Crippen MR) is 594 cm³/mol. The van der Waals surface area contributed by atoms with Crippen LogP contribution in [0.4, 0.5) is 0 Å². The number of fused-ring (bicyclic) bond motifs is 30. The maximum Gasteiger partial charge on any atom is 0.0998 e. The second-order valence-corrected chi connectivity index (χ2v) is 39.3. The third-order valence-corrected chi connectivity index (χ3v) is 32.3. The third-order valence-electron chi connectivity index (χ3n) is 28.7.